The van der Waals surface area contributed by atoms with E-state index >= 15 is 0 Å². The van der Waals surface area contributed by atoms with Crippen molar-refractivity contribution in [1.29, 1.82) is 0 Å². The number of nitrogens with zero attached hydrogens (tertiary/aromatic N) is 2. The molecule has 72 valence electrons. The third-order valence-corrected chi connectivity index (χ3v) is 2.15. The lowest BCUT2D eigenvalue weighted by molar-refractivity contribution is 0.475. The molecule has 0 atom stereocenters. The van der Waals surface area contributed by atoms with E-state index < -0.39 is 0 Å². The number of hydrogen-bond donors (Lipinski definition) is 1. The van der Waals surface area contributed by atoms with Crippen molar-refractivity contribution in [3.05, 3.63) is 48.5 Å². The van der Waals surface area contributed by atoms with Crippen molar-refractivity contribution in [3.8, 4) is 5.75 Å². The first-order valence-corrected chi connectivity index (χ1v) is 4.58. The third kappa shape index (κ3) is 2.13. The maximum Gasteiger partial charge on any atom is 0.115 e. The molecule has 0 amide bonds. The van der Waals surface area contributed by atoms with E-state index in [9.17, 15) is 0 Å². The molecule has 0 saturated heterocycles. The lowest BCUT2D eigenvalue weighted by atomic mass is 10.1. The average molecular weight is 188 g/mol. The zero-order valence-corrected chi connectivity index (χ0v) is 7.80. The standard InChI is InChI=1S/C11H12N2O/c14-11-3-1-10(2-4-11)5-7-13-8-6-12-9-13/h1-4,6,8-9,14H,5,7H2. The Morgan fingerprint density at radius 2 is 2.00 bits per heavy atom. The molecule has 14 heavy (non-hydrogen) atoms. The van der Waals surface area contributed by atoms with Crippen LogP contribution in [0.25, 0.3) is 0 Å². The summed E-state index contributed by atoms with van der Waals surface area (Å²) in [4.78, 5) is 3.97. The minimum Gasteiger partial charge on any atom is -0.508 e. The molecule has 0 aliphatic carbocycles. The minimum atomic E-state index is 0.316. The molecule has 0 aliphatic rings. The molecule has 2 rings (SSSR count). The highest BCUT2D eigenvalue weighted by Crippen LogP contribution is 2.10. The zero-order chi connectivity index (χ0) is 9.80. The van der Waals surface area contributed by atoms with Gasteiger partial charge in [0.2, 0.25) is 0 Å². The van der Waals surface area contributed by atoms with Crippen LogP contribution < -0.4 is 0 Å². The van der Waals surface area contributed by atoms with Crippen LogP contribution in [-0.2, 0) is 13.0 Å². The fourth-order valence-corrected chi connectivity index (χ4v) is 1.34. The molecular weight excluding hydrogens is 176 g/mol. The molecule has 1 aromatic carbocycles. The summed E-state index contributed by atoms with van der Waals surface area (Å²) in [7, 11) is 0. The van der Waals surface area contributed by atoms with Crippen LogP contribution in [0.4, 0.5) is 0 Å². The van der Waals surface area contributed by atoms with Gasteiger partial charge in [-0.1, -0.05) is 12.1 Å². The van der Waals surface area contributed by atoms with E-state index in [-0.39, 0.29) is 0 Å². The van der Waals surface area contributed by atoms with Gasteiger partial charge < -0.3 is 9.67 Å². The molecule has 0 spiro atoms. The van der Waals surface area contributed by atoms with Gasteiger partial charge in [0.25, 0.3) is 0 Å². The summed E-state index contributed by atoms with van der Waals surface area (Å²) in [6.45, 7) is 0.921. The lowest BCUT2D eigenvalue weighted by Crippen LogP contribution is -1.97. The molecule has 1 heterocycles. The molecule has 0 saturated carbocycles. The number of aryl methyl sites for hydroxylation is 2. The Morgan fingerprint density at radius 1 is 1.21 bits per heavy atom. The van der Waals surface area contributed by atoms with Crippen LogP contribution in [0.5, 0.6) is 5.75 Å². The number of aromatic nitrogens is 2. The first kappa shape index (κ1) is 8.81. The molecule has 0 aliphatic heterocycles. The Balaban J connectivity index is 1.95. The van der Waals surface area contributed by atoms with Crippen molar-refractivity contribution >= 4 is 0 Å². The van der Waals surface area contributed by atoms with Gasteiger partial charge in [-0.05, 0) is 24.1 Å². The first-order chi connectivity index (χ1) is 6.84. The number of hydrogen-bond acceptors (Lipinski definition) is 2. The molecule has 0 fully saturated rings. The summed E-state index contributed by atoms with van der Waals surface area (Å²) < 4.78 is 2.03. The summed E-state index contributed by atoms with van der Waals surface area (Å²) in [6.07, 6.45) is 6.48. The Morgan fingerprint density at radius 3 is 2.64 bits per heavy atom. The average Bonchev–Trinajstić information content (AvgIpc) is 2.70. The highest BCUT2D eigenvalue weighted by Gasteiger charge is 1.94. The van der Waals surface area contributed by atoms with Gasteiger partial charge >= 0.3 is 0 Å². The number of phenolic OH excluding ortho intramolecular Hbond substituents is 1. The van der Waals surface area contributed by atoms with Gasteiger partial charge in [0, 0.05) is 18.9 Å². The lowest BCUT2D eigenvalue weighted by Gasteiger charge is -2.02. The van der Waals surface area contributed by atoms with Crippen molar-refractivity contribution in [2.75, 3.05) is 0 Å². The van der Waals surface area contributed by atoms with Gasteiger partial charge in [-0.2, -0.15) is 0 Å². The predicted octanol–water partition coefficient (Wildman–Crippen LogP) is 1.83. The van der Waals surface area contributed by atoms with Gasteiger partial charge in [0.05, 0.1) is 6.33 Å². The third-order valence-electron chi connectivity index (χ3n) is 2.15. The van der Waals surface area contributed by atoms with Gasteiger partial charge in [0.15, 0.2) is 0 Å². The second-order valence-electron chi connectivity index (χ2n) is 3.22. The van der Waals surface area contributed by atoms with Crippen LogP contribution in [0, 0.1) is 0 Å². The number of aromatic hydroxyl groups is 1. The number of imidazole rings is 1. The monoisotopic (exact) mass is 188 g/mol. The Labute approximate surface area is 82.7 Å². The SMILES string of the molecule is Oc1ccc(CCn2ccnc2)cc1. The first-order valence-electron chi connectivity index (χ1n) is 4.58. The maximum atomic E-state index is 9.09. The van der Waals surface area contributed by atoms with Gasteiger partial charge in [0.1, 0.15) is 5.75 Å². The van der Waals surface area contributed by atoms with Gasteiger partial charge in [-0.3, -0.25) is 0 Å². The van der Waals surface area contributed by atoms with Gasteiger partial charge in [-0.15, -0.1) is 0 Å². The summed E-state index contributed by atoms with van der Waals surface area (Å²) in [5.74, 6) is 0.316. The van der Waals surface area contributed by atoms with E-state index in [0.29, 0.717) is 5.75 Å². The van der Waals surface area contributed by atoms with Crippen LogP contribution in [-0.4, -0.2) is 14.7 Å². The molecule has 1 aromatic heterocycles. The van der Waals surface area contributed by atoms with E-state index in [1.807, 2.05) is 22.9 Å². The fourth-order valence-electron chi connectivity index (χ4n) is 1.34. The number of phenols is 1. The molecule has 2 aromatic rings. The van der Waals surface area contributed by atoms with Crippen molar-refractivity contribution in [3.63, 3.8) is 0 Å². The zero-order valence-electron chi connectivity index (χ0n) is 7.80. The van der Waals surface area contributed by atoms with Crippen molar-refractivity contribution in [2.45, 2.75) is 13.0 Å². The molecule has 1 N–H and O–H groups in total. The van der Waals surface area contributed by atoms with Gasteiger partial charge in [-0.25, -0.2) is 4.98 Å². The van der Waals surface area contributed by atoms with E-state index in [1.54, 1.807) is 24.7 Å². The van der Waals surface area contributed by atoms with E-state index in [2.05, 4.69) is 4.98 Å². The second-order valence-corrected chi connectivity index (χ2v) is 3.22. The Bertz CT molecular complexity index is 378. The molecular formula is C11H12N2O. The summed E-state index contributed by atoms with van der Waals surface area (Å²) in [5, 5.41) is 9.09. The summed E-state index contributed by atoms with van der Waals surface area (Å²) in [6, 6.07) is 7.30. The topological polar surface area (TPSA) is 38.0 Å². The summed E-state index contributed by atoms with van der Waals surface area (Å²) >= 11 is 0. The molecule has 0 bridgehead atoms. The fraction of sp³-hybridized carbons (Fsp3) is 0.182. The highest BCUT2D eigenvalue weighted by molar-refractivity contribution is 5.25. The smallest absolute Gasteiger partial charge is 0.115 e. The largest absolute Gasteiger partial charge is 0.508 e. The minimum absolute atomic E-state index is 0.316. The van der Waals surface area contributed by atoms with Crippen molar-refractivity contribution in [1.82, 2.24) is 9.55 Å². The van der Waals surface area contributed by atoms with E-state index in [1.165, 1.54) is 5.56 Å². The molecule has 3 nitrogen and oxygen atoms in total. The van der Waals surface area contributed by atoms with Crippen LogP contribution in [0.3, 0.4) is 0 Å². The maximum absolute atomic E-state index is 9.09. The Kier molecular flexibility index (Phi) is 2.49. The Hall–Kier alpha value is -1.77. The van der Waals surface area contributed by atoms with Crippen LogP contribution in [0.1, 0.15) is 5.56 Å². The van der Waals surface area contributed by atoms with Crippen LogP contribution >= 0.6 is 0 Å². The summed E-state index contributed by atoms with van der Waals surface area (Å²) in [5.41, 5.74) is 1.22. The van der Waals surface area contributed by atoms with Crippen molar-refractivity contribution in [2.24, 2.45) is 0 Å². The molecule has 0 radical (unpaired) electrons. The molecule has 0 unspecified atom stereocenters. The quantitative estimate of drug-likeness (QED) is 0.798. The van der Waals surface area contributed by atoms with E-state index in [0.717, 1.165) is 13.0 Å². The number of rotatable bonds is 3. The number of benzene rings is 1. The predicted molar refractivity (Wildman–Crippen MR) is 54.0 cm³/mol. The normalized spacial score (nSPS) is 10.3. The van der Waals surface area contributed by atoms with E-state index in [4.69, 9.17) is 5.11 Å². The second kappa shape index (κ2) is 3.96. The highest BCUT2D eigenvalue weighted by atomic mass is 16.3. The van der Waals surface area contributed by atoms with Crippen LogP contribution in [0.2, 0.25) is 0 Å². The molecule has 3 heteroatoms. The van der Waals surface area contributed by atoms with Crippen LogP contribution in [0.15, 0.2) is 43.0 Å². The van der Waals surface area contributed by atoms with Crippen molar-refractivity contribution < 1.29 is 5.11 Å².